The molecule has 1 aliphatic heterocycles. The number of rotatable bonds is 4. The van der Waals surface area contributed by atoms with E-state index in [0.717, 1.165) is 29.1 Å². The van der Waals surface area contributed by atoms with Crippen LogP contribution in [0.3, 0.4) is 0 Å². The number of amides is 2. The first kappa shape index (κ1) is 15.7. The number of thiazole rings is 1. The number of carbonyl (C=O) groups excluding carboxylic acids is 2. The topological polar surface area (TPSA) is 71.1 Å². The molecular formula is C17H19N3O2S. The lowest BCUT2D eigenvalue weighted by molar-refractivity contribution is -0.128. The summed E-state index contributed by atoms with van der Waals surface area (Å²) in [7, 11) is 0. The number of nitrogens with one attached hydrogen (secondary N) is 2. The van der Waals surface area contributed by atoms with Crippen LogP contribution in [0, 0.1) is 0 Å². The summed E-state index contributed by atoms with van der Waals surface area (Å²) in [6.45, 7) is 0.692. The standard InChI is InChI=1S/C17H19N3O2S/c21-15(20-14-8-4-5-9-18-16(14)22)10-13-11-23-17(19-13)12-6-2-1-3-7-12/h1-3,6-7,11,14H,4-5,8-10H2,(H,18,22)(H,20,21)/t14-/m0/s1. The van der Waals surface area contributed by atoms with Crippen molar-refractivity contribution >= 4 is 23.2 Å². The maximum Gasteiger partial charge on any atom is 0.242 e. The van der Waals surface area contributed by atoms with Gasteiger partial charge in [0.2, 0.25) is 11.8 Å². The van der Waals surface area contributed by atoms with Crippen LogP contribution in [0.1, 0.15) is 25.0 Å². The van der Waals surface area contributed by atoms with Gasteiger partial charge in [0, 0.05) is 17.5 Å². The minimum absolute atomic E-state index is 0.0842. The maximum absolute atomic E-state index is 12.2. The van der Waals surface area contributed by atoms with Gasteiger partial charge in [0.05, 0.1) is 12.1 Å². The minimum Gasteiger partial charge on any atom is -0.354 e. The number of hydrogen-bond donors (Lipinski definition) is 2. The van der Waals surface area contributed by atoms with E-state index >= 15 is 0 Å². The lowest BCUT2D eigenvalue weighted by atomic mass is 10.1. The number of benzene rings is 1. The van der Waals surface area contributed by atoms with Crippen LogP contribution in [0.4, 0.5) is 0 Å². The van der Waals surface area contributed by atoms with E-state index in [4.69, 9.17) is 0 Å². The van der Waals surface area contributed by atoms with E-state index in [1.165, 1.54) is 11.3 Å². The highest BCUT2D eigenvalue weighted by Crippen LogP contribution is 2.23. The highest BCUT2D eigenvalue weighted by Gasteiger charge is 2.22. The van der Waals surface area contributed by atoms with E-state index in [-0.39, 0.29) is 18.2 Å². The summed E-state index contributed by atoms with van der Waals surface area (Å²) in [5.41, 5.74) is 1.78. The molecule has 0 unspecified atom stereocenters. The Kier molecular flexibility index (Phi) is 5.02. The maximum atomic E-state index is 12.2. The van der Waals surface area contributed by atoms with E-state index in [9.17, 15) is 9.59 Å². The van der Waals surface area contributed by atoms with E-state index in [1.54, 1.807) is 0 Å². The van der Waals surface area contributed by atoms with Crippen molar-refractivity contribution in [2.75, 3.05) is 6.54 Å². The van der Waals surface area contributed by atoms with Gasteiger partial charge in [-0.3, -0.25) is 9.59 Å². The van der Waals surface area contributed by atoms with Crippen molar-refractivity contribution in [3.8, 4) is 10.6 Å². The van der Waals surface area contributed by atoms with Crippen LogP contribution in [0.5, 0.6) is 0 Å². The Morgan fingerprint density at radius 2 is 2.13 bits per heavy atom. The molecule has 0 saturated carbocycles. The van der Waals surface area contributed by atoms with Gasteiger partial charge in [-0.2, -0.15) is 0 Å². The molecule has 1 aliphatic rings. The SMILES string of the molecule is O=C(Cc1csc(-c2ccccc2)n1)N[C@H]1CCCCNC1=O. The third-order valence-corrected chi connectivity index (χ3v) is 4.72. The quantitative estimate of drug-likeness (QED) is 0.903. The molecular weight excluding hydrogens is 310 g/mol. The number of nitrogens with zero attached hydrogens (tertiary/aromatic N) is 1. The molecule has 3 rings (SSSR count). The Morgan fingerprint density at radius 1 is 1.30 bits per heavy atom. The van der Waals surface area contributed by atoms with Crippen LogP contribution in [0.25, 0.3) is 10.6 Å². The van der Waals surface area contributed by atoms with Gasteiger partial charge in [-0.1, -0.05) is 30.3 Å². The fourth-order valence-electron chi connectivity index (χ4n) is 2.59. The van der Waals surface area contributed by atoms with Crippen LogP contribution in [-0.2, 0) is 16.0 Å². The number of aromatic nitrogens is 1. The third-order valence-electron chi connectivity index (χ3n) is 3.78. The van der Waals surface area contributed by atoms with Crippen molar-refractivity contribution in [3.63, 3.8) is 0 Å². The lowest BCUT2D eigenvalue weighted by Gasteiger charge is -2.14. The van der Waals surface area contributed by atoms with Crippen LogP contribution in [-0.4, -0.2) is 29.4 Å². The second kappa shape index (κ2) is 7.37. The summed E-state index contributed by atoms with van der Waals surface area (Å²) < 4.78 is 0. The van der Waals surface area contributed by atoms with Gasteiger partial charge in [0.1, 0.15) is 11.0 Å². The molecule has 1 fully saturated rings. The first-order valence-corrected chi connectivity index (χ1v) is 8.67. The molecule has 0 bridgehead atoms. The molecule has 0 aliphatic carbocycles. The second-order valence-corrected chi connectivity index (χ2v) is 6.45. The first-order valence-electron chi connectivity index (χ1n) is 7.79. The van der Waals surface area contributed by atoms with Crippen LogP contribution < -0.4 is 10.6 Å². The highest BCUT2D eigenvalue weighted by molar-refractivity contribution is 7.13. The Bertz CT molecular complexity index is 684. The molecule has 6 heteroatoms. The van der Waals surface area contributed by atoms with Gasteiger partial charge in [0.15, 0.2) is 0 Å². The van der Waals surface area contributed by atoms with Crippen molar-refractivity contribution in [2.45, 2.75) is 31.7 Å². The van der Waals surface area contributed by atoms with E-state index < -0.39 is 6.04 Å². The highest BCUT2D eigenvalue weighted by atomic mass is 32.1. The van der Waals surface area contributed by atoms with Gasteiger partial charge >= 0.3 is 0 Å². The van der Waals surface area contributed by atoms with Crippen molar-refractivity contribution < 1.29 is 9.59 Å². The average Bonchev–Trinajstić information content (AvgIpc) is 2.93. The van der Waals surface area contributed by atoms with Crippen LogP contribution >= 0.6 is 11.3 Å². The molecule has 23 heavy (non-hydrogen) atoms. The molecule has 120 valence electrons. The average molecular weight is 329 g/mol. The van der Waals surface area contributed by atoms with Gasteiger partial charge in [-0.05, 0) is 19.3 Å². The molecule has 5 nitrogen and oxygen atoms in total. The first-order chi connectivity index (χ1) is 11.2. The molecule has 2 aromatic rings. The fraction of sp³-hybridized carbons (Fsp3) is 0.353. The predicted octanol–water partition coefficient (Wildman–Crippen LogP) is 2.14. The van der Waals surface area contributed by atoms with Gasteiger partial charge in [-0.25, -0.2) is 4.98 Å². The van der Waals surface area contributed by atoms with E-state index in [0.29, 0.717) is 13.0 Å². The molecule has 1 atom stereocenters. The van der Waals surface area contributed by atoms with Crippen molar-refractivity contribution in [3.05, 3.63) is 41.4 Å². The number of carbonyl (C=O) groups is 2. The molecule has 1 saturated heterocycles. The Balaban J connectivity index is 1.60. The predicted molar refractivity (Wildman–Crippen MR) is 90.0 cm³/mol. The summed E-state index contributed by atoms with van der Waals surface area (Å²) in [4.78, 5) is 28.5. The fourth-order valence-corrected chi connectivity index (χ4v) is 3.41. The Hall–Kier alpha value is -2.21. The third kappa shape index (κ3) is 4.16. The van der Waals surface area contributed by atoms with E-state index in [1.807, 2.05) is 35.7 Å². The molecule has 2 heterocycles. The minimum atomic E-state index is -0.419. The smallest absolute Gasteiger partial charge is 0.242 e. The normalized spacial score (nSPS) is 18.1. The van der Waals surface area contributed by atoms with Gasteiger partial charge in [-0.15, -0.1) is 11.3 Å². The Labute approximate surface area is 139 Å². The summed E-state index contributed by atoms with van der Waals surface area (Å²) in [5.74, 6) is -0.240. The van der Waals surface area contributed by atoms with Gasteiger partial charge < -0.3 is 10.6 Å². The zero-order chi connectivity index (χ0) is 16.1. The molecule has 2 amide bonds. The zero-order valence-electron chi connectivity index (χ0n) is 12.7. The summed E-state index contributed by atoms with van der Waals surface area (Å²) >= 11 is 1.52. The van der Waals surface area contributed by atoms with E-state index in [2.05, 4.69) is 15.6 Å². The summed E-state index contributed by atoms with van der Waals surface area (Å²) in [5, 5.41) is 8.44. The zero-order valence-corrected chi connectivity index (χ0v) is 13.6. The van der Waals surface area contributed by atoms with Crippen molar-refractivity contribution in [2.24, 2.45) is 0 Å². The molecule has 1 aromatic carbocycles. The Morgan fingerprint density at radius 3 is 2.96 bits per heavy atom. The molecule has 1 aromatic heterocycles. The van der Waals surface area contributed by atoms with Crippen LogP contribution in [0.15, 0.2) is 35.7 Å². The summed E-state index contributed by atoms with van der Waals surface area (Å²) in [6, 6.07) is 9.47. The monoisotopic (exact) mass is 329 g/mol. The lowest BCUT2D eigenvalue weighted by Crippen LogP contribution is -2.46. The largest absolute Gasteiger partial charge is 0.354 e. The van der Waals surface area contributed by atoms with Crippen molar-refractivity contribution in [1.29, 1.82) is 0 Å². The van der Waals surface area contributed by atoms with Crippen LogP contribution in [0.2, 0.25) is 0 Å². The summed E-state index contributed by atoms with van der Waals surface area (Å²) in [6.07, 6.45) is 2.81. The molecule has 2 N–H and O–H groups in total. The van der Waals surface area contributed by atoms with Crippen molar-refractivity contribution in [1.82, 2.24) is 15.6 Å². The molecule has 0 radical (unpaired) electrons. The van der Waals surface area contributed by atoms with Gasteiger partial charge in [0.25, 0.3) is 0 Å². The molecule has 0 spiro atoms. The number of hydrogen-bond acceptors (Lipinski definition) is 4. The second-order valence-electron chi connectivity index (χ2n) is 5.59.